The lowest BCUT2D eigenvalue weighted by molar-refractivity contribution is 0.265. The first-order valence-electron chi connectivity index (χ1n) is 9.85. The van der Waals surface area contributed by atoms with Crippen molar-refractivity contribution in [3.63, 3.8) is 0 Å². The van der Waals surface area contributed by atoms with Crippen molar-refractivity contribution in [1.82, 2.24) is 4.98 Å². The van der Waals surface area contributed by atoms with Crippen LogP contribution >= 0.6 is 11.3 Å². The predicted octanol–water partition coefficient (Wildman–Crippen LogP) is 6.16. The Bertz CT molecular complexity index is 1020. The summed E-state index contributed by atoms with van der Waals surface area (Å²) in [5, 5.41) is 6.26. The maximum atomic E-state index is 5.92. The van der Waals surface area contributed by atoms with E-state index >= 15 is 0 Å². The maximum absolute atomic E-state index is 5.92. The molecule has 1 unspecified atom stereocenters. The molecule has 0 fully saturated rings. The fourth-order valence-electron chi connectivity index (χ4n) is 3.78. The predicted molar refractivity (Wildman–Crippen MR) is 118 cm³/mol. The molecule has 0 saturated heterocycles. The number of ether oxygens (including phenoxy) is 3. The normalized spacial score (nSPS) is 15.4. The molecule has 0 saturated carbocycles. The van der Waals surface area contributed by atoms with Crippen LogP contribution in [0.2, 0.25) is 0 Å². The molecular weight excluding hydrogens is 384 g/mol. The third-order valence-electron chi connectivity index (χ3n) is 5.43. The van der Waals surface area contributed by atoms with Crippen LogP contribution in [0.15, 0.2) is 35.7 Å². The number of aryl methyl sites for hydroxylation is 1. The number of thiazole rings is 1. The zero-order chi connectivity index (χ0) is 20.4. The van der Waals surface area contributed by atoms with Crippen molar-refractivity contribution in [3.8, 4) is 28.5 Å². The van der Waals surface area contributed by atoms with Crippen molar-refractivity contribution in [2.45, 2.75) is 32.6 Å². The maximum Gasteiger partial charge on any atom is 0.187 e. The molecule has 2 aromatic carbocycles. The van der Waals surface area contributed by atoms with E-state index < -0.39 is 0 Å². The zero-order valence-electron chi connectivity index (χ0n) is 17.2. The monoisotopic (exact) mass is 410 g/mol. The van der Waals surface area contributed by atoms with Gasteiger partial charge in [-0.3, -0.25) is 0 Å². The van der Waals surface area contributed by atoms with Gasteiger partial charge in [0.25, 0.3) is 0 Å². The lowest BCUT2D eigenvalue weighted by atomic mass is 9.90. The van der Waals surface area contributed by atoms with E-state index in [1.54, 1.807) is 25.6 Å². The number of hydrogen-bond acceptors (Lipinski definition) is 6. The number of benzene rings is 2. The first-order valence-corrected chi connectivity index (χ1v) is 10.7. The summed E-state index contributed by atoms with van der Waals surface area (Å²) in [5.41, 5.74) is 5.22. The number of anilines is 2. The number of methoxy groups -OCH3 is 2. The van der Waals surface area contributed by atoms with Gasteiger partial charge in [0.1, 0.15) is 17.2 Å². The van der Waals surface area contributed by atoms with Gasteiger partial charge in [0.05, 0.1) is 32.2 Å². The van der Waals surface area contributed by atoms with Crippen LogP contribution in [0.3, 0.4) is 0 Å². The summed E-state index contributed by atoms with van der Waals surface area (Å²) < 4.78 is 16.8. The highest BCUT2D eigenvalue weighted by Gasteiger charge is 2.21. The van der Waals surface area contributed by atoms with Crippen LogP contribution in [0.4, 0.5) is 10.8 Å². The minimum Gasteiger partial charge on any atom is -0.496 e. The van der Waals surface area contributed by atoms with Crippen molar-refractivity contribution >= 4 is 22.2 Å². The Morgan fingerprint density at radius 1 is 1.17 bits per heavy atom. The highest BCUT2D eigenvalue weighted by Crippen LogP contribution is 2.39. The highest BCUT2D eigenvalue weighted by atomic mass is 32.1. The molecule has 1 N–H and O–H groups in total. The van der Waals surface area contributed by atoms with Crippen molar-refractivity contribution in [2.75, 3.05) is 26.1 Å². The van der Waals surface area contributed by atoms with Gasteiger partial charge in [0.2, 0.25) is 0 Å². The number of hydrogen-bond donors (Lipinski definition) is 1. The van der Waals surface area contributed by atoms with Crippen LogP contribution in [0.5, 0.6) is 17.2 Å². The standard InChI is InChI=1S/C23H26N2O3S/c1-5-15-8-9-28-21-11-16(6-7-17(15)21)19-13-29-23(25-19)24-18-10-14(2)20(26-3)12-22(18)27-4/h6-7,10-13,15H,5,8-9H2,1-4H3,(H,24,25). The fourth-order valence-corrected chi connectivity index (χ4v) is 4.51. The number of rotatable bonds is 6. The second kappa shape index (κ2) is 8.33. The molecule has 6 heteroatoms. The van der Waals surface area contributed by atoms with Crippen molar-refractivity contribution < 1.29 is 14.2 Å². The van der Waals surface area contributed by atoms with Gasteiger partial charge in [0.15, 0.2) is 5.13 Å². The molecule has 1 atom stereocenters. The summed E-state index contributed by atoms with van der Waals surface area (Å²) in [5.74, 6) is 3.10. The van der Waals surface area contributed by atoms with E-state index in [4.69, 9.17) is 19.2 Å². The lowest BCUT2D eigenvalue weighted by Crippen LogP contribution is -2.13. The minimum absolute atomic E-state index is 0.589. The third-order valence-corrected chi connectivity index (χ3v) is 6.19. The van der Waals surface area contributed by atoms with Crippen LogP contribution in [-0.2, 0) is 0 Å². The molecule has 0 amide bonds. The smallest absolute Gasteiger partial charge is 0.187 e. The Hall–Kier alpha value is -2.73. The zero-order valence-corrected chi connectivity index (χ0v) is 18.1. The Morgan fingerprint density at radius 3 is 2.76 bits per heavy atom. The number of nitrogens with one attached hydrogen (secondary N) is 1. The van der Waals surface area contributed by atoms with Crippen molar-refractivity contribution in [2.24, 2.45) is 0 Å². The Morgan fingerprint density at radius 2 is 2.00 bits per heavy atom. The van der Waals surface area contributed by atoms with E-state index in [9.17, 15) is 0 Å². The van der Waals surface area contributed by atoms with E-state index in [0.29, 0.717) is 5.92 Å². The van der Waals surface area contributed by atoms with Gasteiger partial charge in [-0.2, -0.15) is 0 Å². The van der Waals surface area contributed by atoms with Crippen molar-refractivity contribution in [3.05, 3.63) is 46.8 Å². The molecule has 1 aromatic heterocycles. The van der Waals surface area contributed by atoms with E-state index in [0.717, 1.165) is 64.3 Å². The Labute approximate surface area is 175 Å². The van der Waals surface area contributed by atoms with Crippen LogP contribution in [0, 0.1) is 6.92 Å². The molecule has 1 aliphatic rings. The van der Waals surface area contributed by atoms with Crippen LogP contribution in [-0.4, -0.2) is 25.8 Å². The highest BCUT2D eigenvalue weighted by molar-refractivity contribution is 7.14. The largest absolute Gasteiger partial charge is 0.496 e. The average Bonchev–Trinajstić information content (AvgIpc) is 3.21. The molecule has 2 heterocycles. The summed E-state index contributed by atoms with van der Waals surface area (Å²) >= 11 is 1.57. The molecule has 0 bridgehead atoms. The second-order valence-electron chi connectivity index (χ2n) is 7.18. The molecular formula is C23H26N2O3S. The van der Waals surface area contributed by atoms with Gasteiger partial charge in [-0.15, -0.1) is 11.3 Å². The first kappa shape index (κ1) is 19.6. The van der Waals surface area contributed by atoms with Gasteiger partial charge >= 0.3 is 0 Å². The van der Waals surface area contributed by atoms with Crippen molar-refractivity contribution in [1.29, 1.82) is 0 Å². The Balaban J connectivity index is 1.59. The molecule has 5 nitrogen and oxygen atoms in total. The topological polar surface area (TPSA) is 52.6 Å². The first-order chi connectivity index (χ1) is 14.1. The quantitative estimate of drug-likeness (QED) is 0.528. The Kier molecular flexibility index (Phi) is 5.62. The summed E-state index contributed by atoms with van der Waals surface area (Å²) in [6.45, 7) is 5.03. The molecule has 0 aliphatic carbocycles. The molecule has 152 valence electrons. The van der Waals surface area contributed by atoms with Gasteiger partial charge in [-0.05, 0) is 48.9 Å². The van der Waals surface area contributed by atoms with Crippen LogP contribution in [0.1, 0.15) is 36.8 Å². The van der Waals surface area contributed by atoms with Gasteiger partial charge in [0, 0.05) is 17.0 Å². The molecule has 3 aromatic rings. The van der Waals surface area contributed by atoms with Gasteiger partial charge in [-0.25, -0.2) is 4.98 Å². The lowest BCUT2D eigenvalue weighted by Gasteiger charge is -2.25. The number of aromatic nitrogens is 1. The van der Waals surface area contributed by atoms with E-state index in [2.05, 4.69) is 35.8 Å². The summed E-state index contributed by atoms with van der Waals surface area (Å²) in [4.78, 5) is 4.78. The fraction of sp³-hybridized carbons (Fsp3) is 0.348. The molecule has 1 aliphatic heterocycles. The summed E-state index contributed by atoms with van der Waals surface area (Å²) in [6.07, 6.45) is 2.24. The summed E-state index contributed by atoms with van der Waals surface area (Å²) in [6, 6.07) is 10.4. The van der Waals surface area contributed by atoms with Crippen LogP contribution < -0.4 is 19.5 Å². The summed E-state index contributed by atoms with van der Waals surface area (Å²) in [7, 11) is 3.31. The molecule has 0 spiro atoms. The van der Waals surface area contributed by atoms with E-state index in [1.807, 2.05) is 19.1 Å². The average molecular weight is 411 g/mol. The van der Waals surface area contributed by atoms with E-state index in [1.165, 1.54) is 5.56 Å². The SMILES string of the molecule is CCC1CCOc2cc(-c3csc(Nc4cc(C)c(OC)cc4OC)n3)ccc21. The van der Waals surface area contributed by atoms with Gasteiger partial charge in [-0.1, -0.05) is 19.1 Å². The second-order valence-corrected chi connectivity index (χ2v) is 8.04. The number of fused-ring (bicyclic) bond motifs is 1. The third kappa shape index (κ3) is 3.90. The molecule has 0 radical (unpaired) electrons. The van der Waals surface area contributed by atoms with E-state index in [-0.39, 0.29) is 0 Å². The molecule has 29 heavy (non-hydrogen) atoms. The minimum atomic E-state index is 0.589. The molecule has 4 rings (SSSR count). The number of nitrogens with zero attached hydrogens (tertiary/aromatic N) is 1. The van der Waals surface area contributed by atoms with Gasteiger partial charge < -0.3 is 19.5 Å². The van der Waals surface area contributed by atoms with Crippen LogP contribution in [0.25, 0.3) is 11.3 Å².